The van der Waals surface area contributed by atoms with Crippen molar-refractivity contribution >= 4 is 30.1 Å². The van der Waals surface area contributed by atoms with Gasteiger partial charge in [0.05, 0.1) is 0 Å². The van der Waals surface area contributed by atoms with Crippen LogP contribution in [0.15, 0.2) is 29.2 Å². The number of aryl methyl sites for hydroxylation is 1. The fourth-order valence-electron chi connectivity index (χ4n) is 2.38. The predicted molar refractivity (Wildman–Crippen MR) is 92.4 cm³/mol. The van der Waals surface area contributed by atoms with E-state index in [0.717, 1.165) is 31.8 Å². The van der Waals surface area contributed by atoms with Crippen LogP contribution in [0.2, 0.25) is 0 Å². The number of amides is 1. The lowest BCUT2D eigenvalue weighted by Crippen LogP contribution is -2.26. The molecule has 118 valence electrons. The average Bonchev–Trinajstić information content (AvgIpc) is 2.96. The summed E-state index contributed by atoms with van der Waals surface area (Å²) in [6.07, 6.45) is 2.90. The molecule has 1 aromatic carbocycles. The molecule has 1 aromatic rings. The van der Waals surface area contributed by atoms with Gasteiger partial charge in [0.1, 0.15) is 0 Å². The van der Waals surface area contributed by atoms with Gasteiger partial charge in [-0.05, 0) is 50.9 Å². The highest BCUT2D eigenvalue weighted by atomic mass is 35.5. The summed E-state index contributed by atoms with van der Waals surface area (Å²) < 4.78 is 0. The molecule has 21 heavy (non-hydrogen) atoms. The Morgan fingerprint density at radius 1 is 1.38 bits per heavy atom. The van der Waals surface area contributed by atoms with Crippen LogP contribution in [-0.4, -0.2) is 31.3 Å². The van der Waals surface area contributed by atoms with Gasteiger partial charge in [0.15, 0.2) is 0 Å². The van der Waals surface area contributed by atoms with Crippen LogP contribution in [0.25, 0.3) is 0 Å². The topological polar surface area (TPSA) is 41.1 Å². The first-order valence-corrected chi connectivity index (χ1v) is 8.39. The fraction of sp³-hybridized carbons (Fsp3) is 0.562. The Labute approximate surface area is 138 Å². The van der Waals surface area contributed by atoms with Crippen LogP contribution >= 0.6 is 24.2 Å². The van der Waals surface area contributed by atoms with Crippen molar-refractivity contribution < 1.29 is 4.79 Å². The zero-order valence-electron chi connectivity index (χ0n) is 12.6. The second-order valence-electron chi connectivity index (χ2n) is 5.41. The number of carbonyl (C=O) groups is 1. The molecule has 1 aliphatic heterocycles. The molecule has 0 saturated carbocycles. The zero-order valence-corrected chi connectivity index (χ0v) is 14.2. The third-order valence-corrected chi connectivity index (χ3v) is 4.67. The summed E-state index contributed by atoms with van der Waals surface area (Å²) in [6, 6.07) is 8.51. The Morgan fingerprint density at radius 3 is 2.81 bits per heavy atom. The standard InChI is InChI=1S/C16H24N2OS.ClH/c1-13-2-5-15(6-3-13)20-11-10-18-16(19)7-4-14-8-9-17-12-14;/h2-3,5-6,14,17H,4,7-12H2,1H3,(H,18,19);1H. The number of halogens is 1. The van der Waals surface area contributed by atoms with Crippen molar-refractivity contribution in [2.24, 2.45) is 5.92 Å². The van der Waals surface area contributed by atoms with Gasteiger partial charge >= 0.3 is 0 Å². The van der Waals surface area contributed by atoms with Crippen molar-refractivity contribution in [3.8, 4) is 0 Å². The minimum absolute atomic E-state index is 0. The summed E-state index contributed by atoms with van der Waals surface area (Å²) in [6.45, 7) is 5.03. The Kier molecular flexibility index (Phi) is 8.81. The van der Waals surface area contributed by atoms with E-state index in [4.69, 9.17) is 0 Å². The molecule has 1 aliphatic rings. The maximum atomic E-state index is 11.7. The van der Waals surface area contributed by atoms with Crippen molar-refractivity contribution in [3.63, 3.8) is 0 Å². The molecule has 1 fully saturated rings. The summed E-state index contributed by atoms with van der Waals surface area (Å²) in [5, 5.41) is 6.34. The van der Waals surface area contributed by atoms with E-state index < -0.39 is 0 Å². The van der Waals surface area contributed by atoms with Crippen LogP contribution < -0.4 is 10.6 Å². The van der Waals surface area contributed by atoms with Crippen LogP contribution in [0.3, 0.4) is 0 Å². The molecule has 2 rings (SSSR count). The normalized spacial score (nSPS) is 17.3. The minimum Gasteiger partial charge on any atom is -0.355 e. The molecule has 0 aromatic heterocycles. The van der Waals surface area contributed by atoms with Crippen molar-refractivity contribution in [1.82, 2.24) is 10.6 Å². The molecule has 0 aliphatic carbocycles. The number of carbonyl (C=O) groups excluding carboxylic acids is 1. The highest BCUT2D eigenvalue weighted by Crippen LogP contribution is 2.17. The Balaban J connectivity index is 0.00000220. The number of hydrogen-bond acceptors (Lipinski definition) is 3. The van der Waals surface area contributed by atoms with E-state index in [9.17, 15) is 4.79 Å². The Hall–Kier alpha value is -0.710. The van der Waals surface area contributed by atoms with Gasteiger partial charge in [-0.15, -0.1) is 24.2 Å². The fourth-order valence-corrected chi connectivity index (χ4v) is 3.15. The quantitative estimate of drug-likeness (QED) is 0.597. The van der Waals surface area contributed by atoms with Gasteiger partial charge in [0.2, 0.25) is 5.91 Å². The van der Waals surface area contributed by atoms with Crippen LogP contribution in [0.5, 0.6) is 0 Å². The third-order valence-electron chi connectivity index (χ3n) is 3.66. The molecular formula is C16H25ClN2OS. The van der Waals surface area contributed by atoms with Gasteiger partial charge in [-0.1, -0.05) is 17.7 Å². The monoisotopic (exact) mass is 328 g/mol. The SMILES string of the molecule is Cc1ccc(SCCNC(=O)CCC2CCNC2)cc1.Cl. The first-order valence-electron chi connectivity index (χ1n) is 7.41. The lowest BCUT2D eigenvalue weighted by Gasteiger charge is -2.08. The lowest BCUT2D eigenvalue weighted by atomic mass is 10.0. The molecule has 2 N–H and O–H groups in total. The summed E-state index contributed by atoms with van der Waals surface area (Å²) in [7, 11) is 0. The number of thioether (sulfide) groups is 1. The molecule has 1 saturated heterocycles. The molecule has 1 unspecified atom stereocenters. The van der Waals surface area contributed by atoms with Crippen molar-refractivity contribution in [3.05, 3.63) is 29.8 Å². The molecule has 5 heteroatoms. The predicted octanol–water partition coefficient (Wildman–Crippen LogP) is 3.01. The van der Waals surface area contributed by atoms with Crippen LogP contribution in [0, 0.1) is 12.8 Å². The van der Waals surface area contributed by atoms with Gasteiger partial charge in [-0.25, -0.2) is 0 Å². The van der Waals surface area contributed by atoms with Crippen LogP contribution in [0.1, 0.15) is 24.8 Å². The van der Waals surface area contributed by atoms with Crippen LogP contribution in [0.4, 0.5) is 0 Å². The number of benzene rings is 1. The number of rotatable bonds is 7. The van der Waals surface area contributed by atoms with E-state index >= 15 is 0 Å². The van der Waals surface area contributed by atoms with Crippen LogP contribution in [-0.2, 0) is 4.79 Å². The maximum absolute atomic E-state index is 11.7. The second-order valence-corrected chi connectivity index (χ2v) is 6.58. The van der Waals surface area contributed by atoms with Gasteiger partial charge in [-0.3, -0.25) is 4.79 Å². The van der Waals surface area contributed by atoms with Gasteiger partial charge in [0.25, 0.3) is 0 Å². The highest BCUT2D eigenvalue weighted by molar-refractivity contribution is 7.99. The number of hydrogen-bond donors (Lipinski definition) is 2. The Morgan fingerprint density at radius 2 is 2.14 bits per heavy atom. The molecule has 0 radical (unpaired) electrons. The first kappa shape index (κ1) is 18.3. The van der Waals surface area contributed by atoms with Gasteiger partial charge < -0.3 is 10.6 Å². The van der Waals surface area contributed by atoms with Crippen molar-refractivity contribution in [2.75, 3.05) is 25.4 Å². The lowest BCUT2D eigenvalue weighted by molar-refractivity contribution is -0.121. The van der Waals surface area contributed by atoms with Gasteiger partial charge in [-0.2, -0.15) is 0 Å². The molecule has 3 nitrogen and oxygen atoms in total. The average molecular weight is 329 g/mol. The van der Waals surface area contributed by atoms with E-state index in [0.29, 0.717) is 12.3 Å². The van der Waals surface area contributed by atoms with E-state index in [2.05, 4.69) is 41.8 Å². The first-order chi connectivity index (χ1) is 9.74. The molecule has 1 heterocycles. The summed E-state index contributed by atoms with van der Waals surface area (Å²) in [4.78, 5) is 13.0. The van der Waals surface area contributed by atoms with E-state index in [1.54, 1.807) is 11.8 Å². The van der Waals surface area contributed by atoms with Crippen molar-refractivity contribution in [2.45, 2.75) is 31.1 Å². The molecule has 0 bridgehead atoms. The number of nitrogens with one attached hydrogen (secondary N) is 2. The molecular weight excluding hydrogens is 304 g/mol. The van der Waals surface area contributed by atoms with Gasteiger partial charge in [0, 0.05) is 23.6 Å². The molecule has 1 amide bonds. The summed E-state index contributed by atoms with van der Waals surface area (Å²) in [5.41, 5.74) is 1.28. The van der Waals surface area contributed by atoms with Crippen molar-refractivity contribution in [1.29, 1.82) is 0 Å². The summed E-state index contributed by atoms with van der Waals surface area (Å²) >= 11 is 1.79. The maximum Gasteiger partial charge on any atom is 0.220 e. The zero-order chi connectivity index (χ0) is 14.2. The smallest absolute Gasteiger partial charge is 0.220 e. The van der Waals surface area contributed by atoms with E-state index in [1.165, 1.54) is 16.9 Å². The largest absolute Gasteiger partial charge is 0.355 e. The molecule has 1 atom stereocenters. The second kappa shape index (κ2) is 10.1. The van der Waals surface area contributed by atoms with E-state index in [1.807, 2.05) is 0 Å². The van der Waals surface area contributed by atoms with E-state index in [-0.39, 0.29) is 18.3 Å². The Bertz CT molecular complexity index is 419. The molecule has 0 spiro atoms. The highest BCUT2D eigenvalue weighted by Gasteiger charge is 2.15. The third kappa shape index (κ3) is 7.21. The minimum atomic E-state index is 0. The summed E-state index contributed by atoms with van der Waals surface area (Å²) in [5.74, 6) is 1.82.